The molecule has 1 unspecified atom stereocenters. The summed E-state index contributed by atoms with van der Waals surface area (Å²) in [6.45, 7) is 3.58. The lowest BCUT2D eigenvalue weighted by Crippen LogP contribution is -2.42. The van der Waals surface area contributed by atoms with Gasteiger partial charge in [-0.3, -0.25) is 14.9 Å². The number of carboxylic acid groups (broad SMARTS) is 1. The van der Waals surface area contributed by atoms with Crippen LogP contribution in [0.25, 0.3) is 0 Å². The number of benzene rings is 1. The molecule has 0 aromatic heterocycles. The molecule has 2 rings (SSSR count). The van der Waals surface area contributed by atoms with Crippen molar-refractivity contribution in [2.24, 2.45) is 0 Å². The van der Waals surface area contributed by atoms with Gasteiger partial charge in [-0.1, -0.05) is 25.8 Å². The van der Waals surface area contributed by atoms with Gasteiger partial charge in [-0.15, -0.1) is 0 Å². The Morgan fingerprint density at radius 1 is 1.38 bits per heavy atom. The fourth-order valence-corrected chi connectivity index (χ4v) is 2.88. The van der Waals surface area contributed by atoms with Crippen molar-refractivity contribution >= 4 is 23.3 Å². The molecular weight excluding hydrogens is 342 g/mol. The summed E-state index contributed by atoms with van der Waals surface area (Å²) in [5.74, 6) is -1.75. The lowest BCUT2D eigenvalue weighted by atomic mass is 10.1. The Labute approximate surface area is 151 Å². The number of carbonyl (C=O) groups is 2. The van der Waals surface area contributed by atoms with E-state index in [0.717, 1.165) is 6.42 Å². The molecule has 0 spiro atoms. The average Bonchev–Trinajstić information content (AvgIpc) is 2.64. The molecule has 0 saturated carbocycles. The fraction of sp³-hybridized carbons (Fsp3) is 0.529. The van der Waals surface area contributed by atoms with Crippen LogP contribution in [0.3, 0.4) is 0 Å². The molecule has 0 radical (unpaired) electrons. The van der Waals surface area contributed by atoms with Crippen LogP contribution in [-0.4, -0.2) is 54.3 Å². The minimum atomic E-state index is -1.12. The number of amides is 1. The molecule has 1 aliphatic rings. The number of nitro groups is 1. The second-order valence-corrected chi connectivity index (χ2v) is 6.04. The van der Waals surface area contributed by atoms with E-state index in [1.54, 1.807) is 4.90 Å². The number of nitrogens with zero attached hydrogens (tertiary/aromatic N) is 2. The van der Waals surface area contributed by atoms with E-state index < -0.39 is 22.8 Å². The van der Waals surface area contributed by atoms with Crippen LogP contribution in [0.2, 0.25) is 0 Å². The first kappa shape index (κ1) is 19.6. The summed E-state index contributed by atoms with van der Waals surface area (Å²) in [6.07, 6.45) is 1.76. The van der Waals surface area contributed by atoms with E-state index in [4.69, 9.17) is 4.74 Å². The van der Waals surface area contributed by atoms with Gasteiger partial charge in [0.05, 0.1) is 23.7 Å². The molecule has 0 aliphatic carbocycles. The predicted octanol–water partition coefficient (Wildman–Crippen LogP) is 1.80. The standard InChI is InChI=1S/C17H23N3O6/c1-2-3-6-13(17(22)23)18-16(21)12-5-4-7-14(20(24)25)15(12)19-8-10-26-11-9-19/h4-5,7,13H,2-3,6,8-11H2,1H3,(H,18,21)(H,22,23). The second kappa shape index (κ2) is 9.14. The Hall–Kier alpha value is -2.68. The third-order valence-corrected chi connectivity index (χ3v) is 4.23. The highest BCUT2D eigenvalue weighted by Gasteiger charge is 2.29. The van der Waals surface area contributed by atoms with Gasteiger partial charge in [-0.05, 0) is 12.5 Å². The summed E-state index contributed by atoms with van der Waals surface area (Å²) >= 11 is 0. The highest BCUT2D eigenvalue weighted by molar-refractivity contribution is 6.03. The van der Waals surface area contributed by atoms with Crippen LogP contribution in [0.15, 0.2) is 18.2 Å². The van der Waals surface area contributed by atoms with Gasteiger partial charge < -0.3 is 20.1 Å². The summed E-state index contributed by atoms with van der Waals surface area (Å²) in [7, 11) is 0. The molecule has 9 heteroatoms. The van der Waals surface area contributed by atoms with Crippen molar-refractivity contribution in [3.8, 4) is 0 Å². The number of unbranched alkanes of at least 4 members (excludes halogenated alkanes) is 1. The van der Waals surface area contributed by atoms with Crippen molar-refractivity contribution in [1.29, 1.82) is 0 Å². The first-order valence-electron chi connectivity index (χ1n) is 8.59. The van der Waals surface area contributed by atoms with Crippen molar-refractivity contribution in [1.82, 2.24) is 5.32 Å². The van der Waals surface area contributed by atoms with E-state index in [9.17, 15) is 24.8 Å². The van der Waals surface area contributed by atoms with Gasteiger partial charge in [0, 0.05) is 19.2 Å². The zero-order valence-corrected chi connectivity index (χ0v) is 14.6. The second-order valence-electron chi connectivity index (χ2n) is 6.04. The molecule has 1 saturated heterocycles. The van der Waals surface area contributed by atoms with Crippen LogP contribution >= 0.6 is 0 Å². The normalized spacial score (nSPS) is 15.3. The molecule has 1 atom stereocenters. The van der Waals surface area contributed by atoms with Gasteiger partial charge in [0.25, 0.3) is 11.6 Å². The summed E-state index contributed by atoms with van der Waals surface area (Å²) in [5.41, 5.74) is 0.127. The van der Waals surface area contributed by atoms with Crippen LogP contribution in [0, 0.1) is 10.1 Å². The van der Waals surface area contributed by atoms with Crippen LogP contribution < -0.4 is 10.2 Å². The number of carbonyl (C=O) groups excluding carboxylic acids is 1. The van der Waals surface area contributed by atoms with E-state index in [0.29, 0.717) is 39.1 Å². The fourth-order valence-electron chi connectivity index (χ4n) is 2.88. The lowest BCUT2D eigenvalue weighted by Gasteiger charge is -2.30. The Kier molecular flexibility index (Phi) is 6.90. The topological polar surface area (TPSA) is 122 Å². The zero-order chi connectivity index (χ0) is 19.1. The lowest BCUT2D eigenvalue weighted by molar-refractivity contribution is -0.384. The van der Waals surface area contributed by atoms with Crippen molar-refractivity contribution in [2.75, 3.05) is 31.2 Å². The van der Waals surface area contributed by atoms with Gasteiger partial charge in [-0.25, -0.2) is 4.79 Å². The quantitative estimate of drug-likeness (QED) is 0.532. The molecular formula is C17H23N3O6. The number of aliphatic carboxylic acids is 1. The number of hydrogen-bond acceptors (Lipinski definition) is 6. The highest BCUT2D eigenvalue weighted by Crippen LogP contribution is 2.32. The van der Waals surface area contributed by atoms with Gasteiger partial charge in [-0.2, -0.15) is 0 Å². The van der Waals surface area contributed by atoms with Crippen molar-refractivity contribution in [2.45, 2.75) is 32.2 Å². The first-order valence-corrected chi connectivity index (χ1v) is 8.59. The van der Waals surface area contributed by atoms with Crippen LogP contribution in [0.4, 0.5) is 11.4 Å². The molecule has 9 nitrogen and oxygen atoms in total. The Balaban J connectivity index is 2.34. The third kappa shape index (κ3) is 4.69. The smallest absolute Gasteiger partial charge is 0.326 e. The molecule has 1 aromatic rings. The third-order valence-electron chi connectivity index (χ3n) is 4.23. The van der Waals surface area contributed by atoms with Crippen molar-refractivity contribution in [3.05, 3.63) is 33.9 Å². The molecule has 0 bridgehead atoms. The number of morpholine rings is 1. The molecule has 1 aromatic carbocycles. The van der Waals surface area contributed by atoms with E-state index >= 15 is 0 Å². The minimum absolute atomic E-state index is 0.101. The number of ether oxygens (including phenoxy) is 1. The molecule has 26 heavy (non-hydrogen) atoms. The van der Waals surface area contributed by atoms with Gasteiger partial charge in [0.1, 0.15) is 11.7 Å². The SMILES string of the molecule is CCCCC(NC(=O)c1cccc([N+](=O)[O-])c1N1CCOCC1)C(=O)O. The summed E-state index contributed by atoms with van der Waals surface area (Å²) in [4.78, 5) is 36.7. The predicted molar refractivity (Wildman–Crippen MR) is 94.5 cm³/mol. The number of hydrogen-bond donors (Lipinski definition) is 2. The number of nitro benzene ring substituents is 1. The van der Waals surface area contributed by atoms with Gasteiger partial charge >= 0.3 is 5.97 Å². The summed E-state index contributed by atoms with van der Waals surface area (Å²) in [5, 5.41) is 23.2. The Morgan fingerprint density at radius 3 is 2.65 bits per heavy atom. The summed E-state index contributed by atoms with van der Waals surface area (Å²) < 4.78 is 5.27. The Bertz CT molecular complexity index is 672. The largest absolute Gasteiger partial charge is 0.480 e. The van der Waals surface area contributed by atoms with Crippen LogP contribution in [-0.2, 0) is 9.53 Å². The van der Waals surface area contributed by atoms with E-state index in [1.165, 1.54) is 18.2 Å². The van der Waals surface area contributed by atoms with Gasteiger partial charge in [0.15, 0.2) is 0 Å². The average molecular weight is 365 g/mol. The van der Waals surface area contributed by atoms with E-state index in [2.05, 4.69) is 5.32 Å². The molecule has 1 heterocycles. The summed E-state index contributed by atoms with van der Waals surface area (Å²) in [6, 6.07) is 3.22. The monoisotopic (exact) mass is 365 g/mol. The molecule has 1 fully saturated rings. The maximum absolute atomic E-state index is 12.7. The van der Waals surface area contributed by atoms with Gasteiger partial charge in [0.2, 0.25) is 0 Å². The Morgan fingerprint density at radius 2 is 2.08 bits per heavy atom. The first-order chi connectivity index (χ1) is 12.5. The number of anilines is 1. The molecule has 1 aliphatic heterocycles. The van der Waals surface area contributed by atoms with E-state index in [1.807, 2.05) is 6.92 Å². The number of nitrogens with one attached hydrogen (secondary N) is 1. The molecule has 142 valence electrons. The van der Waals surface area contributed by atoms with Crippen molar-refractivity contribution in [3.63, 3.8) is 0 Å². The van der Waals surface area contributed by atoms with E-state index in [-0.39, 0.29) is 16.9 Å². The highest BCUT2D eigenvalue weighted by atomic mass is 16.6. The zero-order valence-electron chi connectivity index (χ0n) is 14.6. The minimum Gasteiger partial charge on any atom is -0.480 e. The number of rotatable bonds is 8. The van der Waals surface area contributed by atoms with Crippen LogP contribution in [0.1, 0.15) is 36.5 Å². The number of carboxylic acids is 1. The maximum Gasteiger partial charge on any atom is 0.326 e. The van der Waals surface area contributed by atoms with Crippen LogP contribution in [0.5, 0.6) is 0 Å². The van der Waals surface area contributed by atoms with Crippen molar-refractivity contribution < 1.29 is 24.4 Å². The number of para-hydroxylation sites is 1. The maximum atomic E-state index is 12.7. The molecule has 2 N–H and O–H groups in total. The molecule has 1 amide bonds.